The van der Waals surface area contributed by atoms with Crippen LogP contribution in [0.4, 0.5) is 5.82 Å². The summed E-state index contributed by atoms with van der Waals surface area (Å²) in [4.78, 5) is 26.4. The molecule has 1 heterocycles. The largest absolute Gasteiger partial charge is 0.385 e. The summed E-state index contributed by atoms with van der Waals surface area (Å²) in [7, 11) is 1.50. The molecule has 0 saturated heterocycles. The van der Waals surface area contributed by atoms with Gasteiger partial charge in [0.15, 0.2) is 5.78 Å². The van der Waals surface area contributed by atoms with Crippen LogP contribution in [-0.2, 0) is 0 Å². The van der Waals surface area contributed by atoms with E-state index < -0.39 is 0 Å². The fraction of sp³-hybridized carbons (Fsp3) is 0.0769. The molecule has 2 rings (SSSR count). The van der Waals surface area contributed by atoms with E-state index in [2.05, 4.69) is 10.3 Å². The Morgan fingerprint density at radius 2 is 1.89 bits per heavy atom. The highest BCUT2D eigenvalue weighted by Crippen LogP contribution is 2.19. The third-order valence-corrected chi connectivity index (χ3v) is 2.92. The molecule has 0 radical (unpaired) electrons. The first kappa shape index (κ1) is 13.2. The summed E-state index contributed by atoms with van der Waals surface area (Å²) in [5.41, 5.74) is 6.69. The van der Waals surface area contributed by atoms with Crippen molar-refractivity contribution in [1.82, 2.24) is 10.3 Å². The van der Waals surface area contributed by atoms with Crippen molar-refractivity contribution in [2.45, 2.75) is 0 Å². The Kier molecular flexibility index (Phi) is 3.57. The van der Waals surface area contributed by atoms with Crippen molar-refractivity contribution in [3.8, 4) is 0 Å². The first-order valence-electron chi connectivity index (χ1n) is 5.53. The summed E-state index contributed by atoms with van der Waals surface area (Å²) < 4.78 is 0. The molecule has 0 fully saturated rings. The van der Waals surface area contributed by atoms with Crippen LogP contribution in [0.15, 0.2) is 30.3 Å². The molecule has 0 spiro atoms. The molecule has 98 valence electrons. The number of carbonyl (C=O) groups excluding carboxylic acids is 2. The van der Waals surface area contributed by atoms with Gasteiger partial charge in [-0.2, -0.15) is 0 Å². The van der Waals surface area contributed by atoms with Crippen LogP contribution < -0.4 is 11.1 Å². The smallest absolute Gasteiger partial charge is 0.267 e. The Balaban J connectivity index is 2.36. The van der Waals surface area contributed by atoms with Crippen molar-refractivity contribution in [3.05, 3.63) is 52.2 Å². The van der Waals surface area contributed by atoms with Gasteiger partial charge in [0, 0.05) is 17.6 Å². The number of rotatable bonds is 3. The summed E-state index contributed by atoms with van der Waals surface area (Å²) in [5, 5.41) is 3.00. The summed E-state index contributed by atoms with van der Waals surface area (Å²) in [6, 6.07) is 7.90. The van der Waals surface area contributed by atoms with Crippen molar-refractivity contribution in [1.29, 1.82) is 0 Å². The molecule has 1 aromatic heterocycles. The predicted molar refractivity (Wildman–Crippen MR) is 73.5 cm³/mol. The van der Waals surface area contributed by atoms with Crippen LogP contribution in [0.5, 0.6) is 0 Å². The number of ketones is 1. The average molecular weight is 278 g/mol. The van der Waals surface area contributed by atoms with Crippen molar-refractivity contribution in [2.24, 2.45) is 0 Å². The fourth-order valence-corrected chi connectivity index (χ4v) is 1.80. The Bertz CT molecular complexity index is 632. The van der Waals surface area contributed by atoms with Crippen molar-refractivity contribution < 1.29 is 9.59 Å². The Morgan fingerprint density at radius 3 is 2.47 bits per heavy atom. The first-order chi connectivity index (χ1) is 9.02. The number of hydrogen-bond acceptors (Lipinski definition) is 3. The predicted octanol–water partition coefficient (Wildman–Crippen LogP) is 1.84. The van der Waals surface area contributed by atoms with Crippen LogP contribution in [0.2, 0.25) is 5.02 Å². The number of hydrogen-bond donors (Lipinski definition) is 3. The summed E-state index contributed by atoms with van der Waals surface area (Å²) >= 11 is 5.76. The zero-order valence-electron chi connectivity index (χ0n) is 10.2. The van der Waals surface area contributed by atoms with Gasteiger partial charge in [-0.15, -0.1) is 0 Å². The van der Waals surface area contributed by atoms with Crippen LogP contribution in [0.3, 0.4) is 0 Å². The number of benzene rings is 1. The van der Waals surface area contributed by atoms with E-state index in [0.29, 0.717) is 10.6 Å². The van der Waals surface area contributed by atoms with E-state index in [1.165, 1.54) is 13.1 Å². The number of nitrogen functional groups attached to an aromatic ring is 1. The minimum absolute atomic E-state index is 0.165. The van der Waals surface area contributed by atoms with Crippen molar-refractivity contribution >= 4 is 29.1 Å². The molecule has 0 atom stereocenters. The second-order valence-electron chi connectivity index (χ2n) is 3.93. The number of nitrogens with one attached hydrogen (secondary N) is 2. The molecular weight excluding hydrogens is 266 g/mol. The van der Waals surface area contributed by atoms with E-state index in [-0.39, 0.29) is 28.8 Å². The lowest BCUT2D eigenvalue weighted by molar-refractivity contribution is 0.0958. The maximum Gasteiger partial charge on any atom is 0.267 e. The zero-order chi connectivity index (χ0) is 14.0. The number of H-pyrrole nitrogens is 1. The Hall–Kier alpha value is -2.27. The highest BCUT2D eigenvalue weighted by atomic mass is 35.5. The highest BCUT2D eigenvalue weighted by molar-refractivity contribution is 6.30. The van der Waals surface area contributed by atoms with Crippen LogP contribution in [0.25, 0.3) is 0 Å². The fourth-order valence-electron chi connectivity index (χ4n) is 1.67. The number of nitrogens with two attached hydrogens (primary N) is 1. The van der Waals surface area contributed by atoms with E-state index in [0.717, 1.165) is 0 Å². The Labute approximate surface area is 114 Å². The molecule has 0 aliphatic rings. The maximum absolute atomic E-state index is 12.2. The van der Waals surface area contributed by atoms with Crippen molar-refractivity contribution in [2.75, 3.05) is 12.8 Å². The molecule has 0 saturated carbocycles. The lowest BCUT2D eigenvalue weighted by Crippen LogP contribution is -2.18. The molecule has 0 bridgehead atoms. The Morgan fingerprint density at radius 1 is 1.26 bits per heavy atom. The second kappa shape index (κ2) is 5.16. The molecule has 0 unspecified atom stereocenters. The van der Waals surface area contributed by atoms with Gasteiger partial charge in [-0.1, -0.05) is 11.6 Å². The third kappa shape index (κ3) is 2.61. The topological polar surface area (TPSA) is 88.0 Å². The van der Waals surface area contributed by atoms with Crippen LogP contribution in [0.1, 0.15) is 26.4 Å². The summed E-state index contributed by atoms with van der Waals surface area (Å²) in [5.74, 6) is -0.430. The average Bonchev–Trinajstić information content (AvgIpc) is 2.80. The number of carbonyl (C=O) groups is 2. The number of halogens is 1. The number of aromatic amines is 1. The number of aromatic nitrogens is 1. The van der Waals surface area contributed by atoms with Gasteiger partial charge >= 0.3 is 0 Å². The normalized spacial score (nSPS) is 10.2. The van der Waals surface area contributed by atoms with E-state index >= 15 is 0 Å². The van der Waals surface area contributed by atoms with Gasteiger partial charge in [0.2, 0.25) is 0 Å². The molecule has 4 N–H and O–H groups in total. The van der Waals surface area contributed by atoms with E-state index in [1.54, 1.807) is 24.3 Å². The molecule has 19 heavy (non-hydrogen) atoms. The molecule has 0 aliphatic carbocycles. The van der Waals surface area contributed by atoms with Gasteiger partial charge < -0.3 is 16.0 Å². The lowest BCUT2D eigenvalue weighted by atomic mass is 10.1. The molecular formula is C13H12ClN3O2. The SMILES string of the molecule is CNC(=O)c1cc(C(=O)c2ccc(Cl)cc2)c(N)[nH]1. The number of amides is 1. The van der Waals surface area contributed by atoms with Crippen LogP contribution >= 0.6 is 11.6 Å². The highest BCUT2D eigenvalue weighted by Gasteiger charge is 2.17. The third-order valence-electron chi connectivity index (χ3n) is 2.67. The second-order valence-corrected chi connectivity index (χ2v) is 4.36. The molecule has 1 amide bonds. The van der Waals surface area contributed by atoms with Gasteiger partial charge in [0.1, 0.15) is 11.5 Å². The van der Waals surface area contributed by atoms with E-state index in [1.807, 2.05) is 0 Å². The standard InChI is InChI=1S/C13H12ClN3O2/c1-16-13(19)10-6-9(12(15)17-10)11(18)7-2-4-8(14)5-3-7/h2-6,17H,15H2,1H3,(H,16,19). The van der Waals surface area contributed by atoms with E-state index in [4.69, 9.17) is 17.3 Å². The lowest BCUT2D eigenvalue weighted by Gasteiger charge is -1.99. The van der Waals surface area contributed by atoms with Gasteiger partial charge in [0.05, 0.1) is 5.56 Å². The summed E-state index contributed by atoms with van der Waals surface area (Å²) in [6.07, 6.45) is 0. The zero-order valence-corrected chi connectivity index (χ0v) is 10.9. The van der Waals surface area contributed by atoms with Gasteiger partial charge in [0.25, 0.3) is 5.91 Å². The van der Waals surface area contributed by atoms with Gasteiger partial charge in [-0.3, -0.25) is 9.59 Å². The van der Waals surface area contributed by atoms with Gasteiger partial charge in [-0.05, 0) is 30.3 Å². The molecule has 2 aromatic rings. The minimum Gasteiger partial charge on any atom is -0.385 e. The van der Waals surface area contributed by atoms with E-state index in [9.17, 15) is 9.59 Å². The maximum atomic E-state index is 12.2. The summed E-state index contributed by atoms with van der Waals surface area (Å²) in [6.45, 7) is 0. The minimum atomic E-state index is -0.332. The first-order valence-corrected chi connectivity index (χ1v) is 5.91. The molecule has 6 heteroatoms. The number of anilines is 1. The van der Waals surface area contributed by atoms with Crippen molar-refractivity contribution in [3.63, 3.8) is 0 Å². The van der Waals surface area contributed by atoms with Crippen LogP contribution in [-0.4, -0.2) is 23.7 Å². The molecule has 0 aliphatic heterocycles. The molecule has 1 aromatic carbocycles. The molecule has 5 nitrogen and oxygen atoms in total. The quantitative estimate of drug-likeness (QED) is 0.748. The van der Waals surface area contributed by atoms with Crippen LogP contribution in [0, 0.1) is 0 Å². The van der Waals surface area contributed by atoms with Gasteiger partial charge in [-0.25, -0.2) is 0 Å². The monoisotopic (exact) mass is 277 g/mol.